The second-order valence-electron chi connectivity index (χ2n) is 7.99. The third-order valence-electron chi connectivity index (χ3n) is 5.48. The van der Waals surface area contributed by atoms with E-state index in [9.17, 15) is 14.0 Å². The standard InChI is InChI=1S/C28H29FN2O3/c1-5-21(28(33)34-6-2)15-23-16-22(12-10-18(23)3)25-8-7-9-26(31-25)27(32)30-17-20-11-13-24(29)19(4)14-20/h7-16H,5-6,17H2,1-4H3,(H,30,32)/b21-15+. The number of nitrogens with zero attached hydrogens (tertiary/aromatic N) is 1. The summed E-state index contributed by atoms with van der Waals surface area (Å²) >= 11 is 0. The van der Waals surface area contributed by atoms with Crippen LogP contribution in [0, 0.1) is 19.7 Å². The van der Waals surface area contributed by atoms with E-state index in [0.717, 1.165) is 22.3 Å². The minimum atomic E-state index is -0.317. The van der Waals surface area contributed by atoms with Crippen LogP contribution in [0.15, 0.2) is 60.2 Å². The normalized spacial score (nSPS) is 11.3. The number of hydrogen-bond acceptors (Lipinski definition) is 4. The molecule has 6 heteroatoms. The van der Waals surface area contributed by atoms with Crippen LogP contribution in [0.25, 0.3) is 17.3 Å². The van der Waals surface area contributed by atoms with E-state index in [1.54, 1.807) is 38.1 Å². The van der Waals surface area contributed by atoms with Gasteiger partial charge in [0.15, 0.2) is 0 Å². The minimum absolute atomic E-state index is 0.273. The molecule has 1 N–H and O–H groups in total. The van der Waals surface area contributed by atoms with Gasteiger partial charge in [-0.05, 0) is 79.8 Å². The number of pyridine rings is 1. The zero-order valence-electron chi connectivity index (χ0n) is 19.9. The average molecular weight is 461 g/mol. The number of benzene rings is 2. The number of carbonyl (C=O) groups excluding carboxylic acids is 2. The summed E-state index contributed by atoms with van der Waals surface area (Å²) in [6.07, 6.45) is 2.40. The highest BCUT2D eigenvalue weighted by molar-refractivity contribution is 5.94. The first-order chi connectivity index (χ1) is 16.3. The molecule has 0 aliphatic rings. The lowest BCUT2D eigenvalue weighted by Gasteiger charge is -2.10. The smallest absolute Gasteiger partial charge is 0.333 e. The number of nitrogens with one attached hydrogen (secondary N) is 1. The molecule has 0 bridgehead atoms. The van der Waals surface area contributed by atoms with Crippen molar-refractivity contribution in [2.24, 2.45) is 0 Å². The molecular weight excluding hydrogens is 431 g/mol. The quantitative estimate of drug-likeness (QED) is 0.341. The lowest BCUT2D eigenvalue weighted by molar-refractivity contribution is -0.138. The molecule has 3 rings (SSSR count). The van der Waals surface area contributed by atoms with Gasteiger partial charge in [-0.3, -0.25) is 4.79 Å². The molecule has 1 heterocycles. The van der Waals surface area contributed by atoms with Crippen molar-refractivity contribution in [3.63, 3.8) is 0 Å². The average Bonchev–Trinajstić information content (AvgIpc) is 2.84. The number of rotatable bonds is 8. The Labute approximate surface area is 199 Å². The molecule has 0 aliphatic heterocycles. The molecule has 0 saturated heterocycles. The van der Waals surface area contributed by atoms with Gasteiger partial charge in [-0.15, -0.1) is 0 Å². The van der Waals surface area contributed by atoms with Crippen molar-refractivity contribution >= 4 is 18.0 Å². The lowest BCUT2D eigenvalue weighted by Crippen LogP contribution is -2.24. The summed E-state index contributed by atoms with van der Waals surface area (Å²) in [5.41, 5.74) is 5.62. The lowest BCUT2D eigenvalue weighted by atomic mass is 10.00. The predicted octanol–water partition coefficient (Wildman–Crippen LogP) is 5.79. The first-order valence-electron chi connectivity index (χ1n) is 11.3. The van der Waals surface area contributed by atoms with E-state index in [-0.39, 0.29) is 29.9 Å². The fourth-order valence-corrected chi connectivity index (χ4v) is 3.48. The van der Waals surface area contributed by atoms with Crippen LogP contribution in [0.4, 0.5) is 4.39 Å². The van der Waals surface area contributed by atoms with E-state index < -0.39 is 0 Å². The number of halogens is 1. The molecule has 0 spiro atoms. The Balaban J connectivity index is 1.82. The number of esters is 1. The molecule has 176 valence electrons. The summed E-state index contributed by atoms with van der Waals surface area (Å²) in [6, 6.07) is 15.9. The second kappa shape index (κ2) is 11.4. The van der Waals surface area contributed by atoms with Crippen LogP contribution in [-0.2, 0) is 16.1 Å². The highest BCUT2D eigenvalue weighted by Gasteiger charge is 2.12. The van der Waals surface area contributed by atoms with E-state index >= 15 is 0 Å². The maximum Gasteiger partial charge on any atom is 0.333 e. The maximum absolute atomic E-state index is 13.5. The van der Waals surface area contributed by atoms with Crippen molar-refractivity contribution in [2.45, 2.75) is 40.7 Å². The summed E-state index contributed by atoms with van der Waals surface area (Å²) in [7, 11) is 0. The molecule has 3 aromatic rings. The molecule has 0 atom stereocenters. The van der Waals surface area contributed by atoms with Gasteiger partial charge < -0.3 is 10.1 Å². The molecule has 1 amide bonds. The summed E-state index contributed by atoms with van der Waals surface area (Å²) < 4.78 is 18.6. The largest absolute Gasteiger partial charge is 0.463 e. The van der Waals surface area contributed by atoms with Crippen molar-refractivity contribution in [2.75, 3.05) is 6.61 Å². The SMILES string of the molecule is CCOC(=O)/C(=C/c1cc(-c2cccc(C(=O)NCc3ccc(F)c(C)c3)n2)ccc1C)CC. The Morgan fingerprint density at radius 2 is 1.82 bits per heavy atom. The van der Waals surface area contributed by atoms with Gasteiger partial charge in [0, 0.05) is 17.7 Å². The predicted molar refractivity (Wildman–Crippen MR) is 132 cm³/mol. The Bertz CT molecular complexity index is 1230. The molecule has 2 aromatic carbocycles. The zero-order valence-corrected chi connectivity index (χ0v) is 19.9. The van der Waals surface area contributed by atoms with Crippen molar-refractivity contribution in [3.8, 4) is 11.3 Å². The minimum Gasteiger partial charge on any atom is -0.463 e. The Morgan fingerprint density at radius 3 is 2.53 bits per heavy atom. The Morgan fingerprint density at radius 1 is 1.03 bits per heavy atom. The molecule has 5 nitrogen and oxygen atoms in total. The van der Waals surface area contributed by atoms with Gasteiger partial charge in [0.2, 0.25) is 0 Å². The molecule has 0 fully saturated rings. The van der Waals surface area contributed by atoms with Crippen LogP contribution < -0.4 is 5.32 Å². The van der Waals surface area contributed by atoms with Crippen LogP contribution in [-0.4, -0.2) is 23.5 Å². The zero-order chi connectivity index (χ0) is 24.7. The topological polar surface area (TPSA) is 68.3 Å². The van der Waals surface area contributed by atoms with Gasteiger partial charge in [0.25, 0.3) is 5.91 Å². The molecule has 0 unspecified atom stereocenters. The van der Waals surface area contributed by atoms with Crippen LogP contribution >= 0.6 is 0 Å². The fraction of sp³-hybridized carbons (Fsp3) is 0.250. The van der Waals surface area contributed by atoms with Crippen molar-refractivity contribution in [3.05, 3.63) is 93.9 Å². The number of amides is 1. The molecule has 0 saturated carbocycles. The Hall–Kier alpha value is -3.80. The van der Waals surface area contributed by atoms with Crippen molar-refractivity contribution in [1.82, 2.24) is 10.3 Å². The third kappa shape index (κ3) is 6.16. The van der Waals surface area contributed by atoms with Crippen molar-refractivity contribution < 1.29 is 18.7 Å². The van der Waals surface area contributed by atoms with Crippen LogP contribution in [0.3, 0.4) is 0 Å². The van der Waals surface area contributed by atoms with Gasteiger partial charge >= 0.3 is 5.97 Å². The molecule has 0 aliphatic carbocycles. The van der Waals surface area contributed by atoms with Crippen molar-refractivity contribution in [1.29, 1.82) is 0 Å². The first kappa shape index (κ1) is 24.8. The monoisotopic (exact) mass is 460 g/mol. The van der Waals surface area contributed by atoms with E-state index in [1.165, 1.54) is 6.07 Å². The van der Waals surface area contributed by atoms with E-state index in [4.69, 9.17) is 4.74 Å². The summed E-state index contributed by atoms with van der Waals surface area (Å²) in [6.45, 7) is 7.97. The van der Waals surface area contributed by atoms with Gasteiger partial charge in [0.05, 0.1) is 12.3 Å². The van der Waals surface area contributed by atoms with Gasteiger partial charge in [-0.1, -0.05) is 37.3 Å². The van der Waals surface area contributed by atoms with E-state index in [2.05, 4.69) is 10.3 Å². The highest BCUT2D eigenvalue weighted by Crippen LogP contribution is 2.24. The molecule has 0 radical (unpaired) electrons. The molecule has 1 aromatic heterocycles. The summed E-state index contributed by atoms with van der Waals surface area (Å²) in [5.74, 6) is -0.903. The van der Waals surface area contributed by atoms with Crippen LogP contribution in [0.1, 0.15) is 53.0 Å². The maximum atomic E-state index is 13.5. The number of aryl methyl sites for hydroxylation is 2. The third-order valence-corrected chi connectivity index (χ3v) is 5.48. The van der Waals surface area contributed by atoms with Gasteiger partial charge in [0.1, 0.15) is 11.5 Å². The molecular formula is C28H29FN2O3. The number of carbonyl (C=O) groups is 2. The van der Waals surface area contributed by atoms with Crippen LogP contribution in [0.2, 0.25) is 0 Å². The van der Waals surface area contributed by atoms with Crippen LogP contribution in [0.5, 0.6) is 0 Å². The second-order valence-corrected chi connectivity index (χ2v) is 7.99. The summed E-state index contributed by atoms with van der Waals surface area (Å²) in [5, 5.41) is 2.83. The number of aromatic nitrogens is 1. The number of ether oxygens (including phenoxy) is 1. The van der Waals surface area contributed by atoms with E-state index in [1.807, 2.05) is 44.2 Å². The van der Waals surface area contributed by atoms with E-state index in [0.29, 0.717) is 29.9 Å². The summed E-state index contributed by atoms with van der Waals surface area (Å²) in [4.78, 5) is 29.4. The highest BCUT2D eigenvalue weighted by atomic mass is 19.1. The molecule has 34 heavy (non-hydrogen) atoms. The van der Waals surface area contributed by atoms with Gasteiger partial charge in [-0.2, -0.15) is 0 Å². The van der Waals surface area contributed by atoms with Gasteiger partial charge in [-0.25, -0.2) is 14.2 Å². The first-order valence-corrected chi connectivity index (χ1v) is 11.3. The number of hydrogen-bond donors (Lipinski definition) is 1. The fourth-order valence-electron chi connectivity index (χ4n) is 3.48. The Kier molecular flexibility index (Phi) is 8.30.